The Labute approximate surface area is 182 Å². The number of fused-ring (bicyclic) bond motifs is 1. The summed E-state index contributed by atoms with van der Waals surface area (Å²) >= 11 is 0. The average molecular weight is 420 g/mol. The van der Waals surface area contributed by atoms with Gasteiger partial charge in [0.1, 0.15) is 5.82 Å². The maximum Gasteiger partial charge on any atom is 0.180 e. The average Bonchev–Trinajstić information content (AvgIpc) is 3.43. The fourth-order valence-corrected chi connectivity index (χ4v) is 3.59. The van der Waals surface area contributed by atoms with Crippen molar-refractivity contribution in [3.63, 3.8) is 0 Å². The molecule has 0 aromatic carbocycles. The normalized spacial score (nSPS) is 14.4. The molecule has 162 valence electrons. The van der Waals surface area contributed by atoms with E-state index in [1.165, 1.54) is 0 Å². The lowest BCUT2D eigenvalue weighted by molar-refractivity contribution is 0.312. The molecule has 1 saturated heterocycles. The van der Waals surface area contributed by atoms with E-state index < -0.39 is 0 Å². The number of likely N-dealkylation sites (N-methyl/N-ethyl adjacent to an activating group) is 1. The van der Waals surface area contributed by atoms with E-state index in [0.29, 0.717) is 5.82 Å². The summed E-state index contributed by atoms with van der Waals surface area (Å²) in [5.74, 6) is 1.70. The Kier molecular flexibility index (Phi) is 6.13. The first-order valence-corrected chi connectivity index (χ1v) is 10.6. The van der Waals surface area contributed by atoms with Gasteiger partial charge < -0.3 is 15.1 Å². The van der Waals surface area contributed by atoms with Crippen LogP contribution in [-0.2, 0) is 7.05 Å². The van der Waals surface area contributed by atoms with Crippen molar-refractivity contribution in [2.45, 2.75) is 13.8 Å². The van der Waals surface area contributed by atoms with Crippen LogP contribution < -0.4 is 10.2 Å². The van der Waals surface area contributed by atoms with Crippen molar-refractivity contribution in [1.82, 2.24) is 34.0 Å². The number of imidazole rings is 1. The number of nitrogens with one attached hydrogen (secondary N) is 1. The van der Waals surface area contributed by atoms with E-state index in [4.69, 9.17) is 0 Å². The number of aryl methyl sites for hydroxylation is 1. The monoisotopic (exact) mass is 419 g/mol. The van der Waals surface area contributed by atoms with Crippen molar-refractivity contribution in [1.29, 1.82) is 0 Å². The number of rotatable bonds is 4. The third kappa shape index (κ3) is 4.36. The summed E-state index contributed by atoms with van der Waals surface area (Å²) in [5, 5.41) is 7.60. The molecule has 4 aromatic rings. The summed E-state index contributed by atoms with van der Waals surface area (Å²) in [7, 11) is 4.06. The third-order valence-corrected chi connectivity index (χ3v) is 5.27. The number of piperazine rings is 1. The maximum atomic E-state index is 4.64. The molecule has 1 N–H and O–H groups in total. The highest BCUT2D eigenvalue weighted by Gasteiger charge is 2.15. The van der Waals surface area contributed by atoms with E-state index in [1.54, 1.807) is 10.9 Å². The minimum absolute atomic E-state index is 0.691. The van der Waals surface area contributed by atoms with E-state index >= 15 is 0 Å². The van der Waals surface area contributed by atoms with Crippen LogP contribution in [0.3, 0.4) is 0 Å². The van der Waals surface area contributed by atoms with Gasteiger partial charge in [-0.15, -0.1) is 0 Å². The van der Waals surface area contributed by atoms with E-state index in [-0.39, 0.29) is 0 Å². The van der Waals surface area contributed by atoms with Crippen molar-refractivity contribution in [3.05, 3.63) is 49.3 Å². The lowest BCUT2D eigenvalue weighted by Gasteiger charge is -2.33. The van der Waals surface area contributed by atoms with Crippen molar-refractivity contribution < 1.29 is 0 Å². The Balaban J connectivity index is 0.00000112. The Morgan fingerprint density at radius 3 is 2.39 bits per heavy atom. The first-order chi connectivity index (χ1) is 15.2. The summed E-state index contributed by atoms with van der Waals surface area (Å²) in [6.45, 7) is 8.13. The van der Waals surface area contributed by atoms with Gasteiger partial charge in [-0.05, 0) is 19.2 Å². The van der Waals surface area contributed by atoms with E-state index in [9.17, 15) is 0 Å². The molecule has 0 atom stereocenters. The number of anilines is 3. The molecule has 5 rings (SSSR count). The quantitative estimate of drug-likeness (QED) is 0.545. The molecule has 1 aliphatic heterocycles. The van der Waals surface area contributed by atoms with E-state index in [1.807, 2.05) is 62.3 Å². The van der Waals surface area contributed by atoms with Crippen LogP contribution in [0.1, 0.15) is 13.8 Å². The van der Waals surface area contributed by atoms with Gasteiger partial charge in [0.25, 0.3) is 0 Å². The highest BCUT2D eigenvalue weighted by atomic mass is 15.3. The molecule has 0 amide bonds. The molecular formula is C22H29N9. The molecule has 0 saturated carbocycles. The van der Waals surface area contributed by atoms with Gasteiger partial charge in [0.05, 0.1) is 30.0 Å². The number of hydrogen-bond acceptors (Lipinski definition) is 7. The predicted molar refractivity (Wildman–Crippen MR) is 124 cm³/mol. The number of hydrogen-bond donors (Lipinski definition) is 1. The van der Waals surface area contributed by atoms with Crippen molar-refractivity contribution in [2.24, 2.45) is 7.05 Å². The van der Waals surface area contributed by atoms with Gasteiger partial charge >= 0.3 is 0 Å². The van der Waals surface area contributed by atoms with Crippen LogP contribution in [0.4, 0.5) is 17.3 Å². The molecule has 0 bridgehead atoms. The highest BCUT2D eigenvalue weighted by Crippen LogP contribution is 2.25. The third-order valence-electron chi connectivity index (χ3n) is 5.27. The van der Waals surface area contributed by atoms with Gasteiger partial charge in [-0.2, -0.15) is 5.10 Å². The maximum absolute atomic E-state index is 4.64. The molecule has 0 unspecified atom stereocenters. The van der Waals surface area contributed by atoms with Gasteiger partial charge in [-0.1, -0.05) is 13.8 Å². The van der Waals surface area contributed by atoms with E-state index in [2.05, 4.69) is 48.3 Å². The van der Waals surface area contributed by atoms with Crippen LogP contribution in [0.5, 0.6) is 0 Å². The van der Waals surface area contributed by atoms with Crippen LogP contribution in [0.25, 0.3) is 16.9 Å². The van der Waals surface area contributed by atoms with Crippen molar-refractivity contribution in [2.75, 3.05) is 43.4 Å². The summed E-state index contributed by atoms with van der Waals surface area (Å²) in [5.41, 5.74) is 3.63. The molecule has 31 heavy (non-hydrogen) atoms. The minimum Gasteiger partial charge on any atom is -0.354 e. The van der Waals surface area contributed by atoms with Crippen LogP contribution >= 0.6 is 0 Å². The van der Waals surface area contributed by atoms with Crippen LogP contribution in [0.15, 0.2) is 49.3 Å². The Hall–Kier alpha value is -3.46. The molecular weight excluding hydrogens is 390 g/mol. The van der Waals surface area contributed by atoms with Gasteiger partial charge in [-0.3, -0.25) is 9.08 Å². The summed E-state index contributed by atoms with van der Waals surface area (Å²) in [6.07, 6.45) is 11.2. The molecule has 1 aliphatic rings. The first kappa shape index (κ1) is 20.8. The molecule has 0 radical (unpaired) electrons. The zero-order valence-corrected chi connectivity index (χ0v) is 18.5. The zero-order chi connectivity index (χ0) is 21.8. The fraction of sp³-hybridized carbons (Fsp3) is 0.364. The Morgan fingerprint density at radius 1 is 0.903 bits per heavy atom. The molecule has 5 heterocycles. The van der Waals surface area contributed by atoms with Gasteiger partial charge in [0.2, 0.25) is 0 Å². The Bertz CT molecular complexity index is 1120. The van der Waals surface area contributed by atoms with Gasteiger partial charge in [0.15, 0.2) is 11.5 Å². The van der Waals surface area contributed by atoms with E-state index in [0.717, 1.165) is 54.6 Å². The second-order valence-corrected chi connectivity index (χ2v) is 7.34. The highest BCUT2D eigenvalue weighted by molar-refractivity contribution is 5.73. The predicted octanol–water partition coefficient (Wildman–Crippen LogP) is 3.05. The smallest absolute Gasteiger partial charge is 0.180 e. The van der Waals surface area contributed by atoms with Crippen molar-refractivity contribution >= 4 is 23.0 Å². The zero-order valence-electron chi connectivity index (χ0n) is 18.5. The molecule has 0 spiro atoms. The fourth-order valence-electron chi connectivity index (χ4n) is 3.59. The lowest BCUT2D eigenvalue weighted by Crippen LogP contribution is -2.44. The SMILES string of the molecule is CC.CN1CCN(c2ccc(Nc3nccn4c(-c5cnn(C)c5)cnc34)cn2)CC1. The van der Waals surface area contributed by atoms with Gasteiger partial charge in [-0.25, -0.2) is 15.0 Å². The standard InChI is InChI=1S/C20H23N9.C2H6/c1-26-7-9-28(10-8-26)18-4-3-16(12-22-18)25-19-20-23-13-17(29(20)6-5-21-19)15-11-24-27(2)14-15;1-2/h3-6,11-14H,7-10H2,1-2H3,(H,21,25);1-2H3. The first-order valence-electron chi connectivity index (χ1n) is 10.6. The second kappa shape index (κ2) is 9.13. The molecule has 9 heteroatoms. The van der Waals surface area contributed by atoms with Gasteiger partial charge in [0, 0.05) is 57.4 Å². The van der Waals surface area contributed by atoms with Crippen LogP contribution in [0.2, 0.25) is 0 Å². The Morgan fingerprint density at radius 2 is 1.71 bits per heavy atom. The molecule has 1 fully saturated rings. The van der Waals surface area contributed by atoms with Crippen molar-refractivity contribution in [3.8, 4) is 11.3 Å². The number of aromatic nitrogens is 6. The van der Waals surface area contributed by atoms with Crippen LogP contribution in [-0.4, -0.2) is 67.3 Å². The largest absolute Gasteiger partial charge is 0.354 e. The number of nitrogens with zero attached hydrogens (tertiary/aromatic N) is 8. The number of pyridine rings is 1. The summed E-state index contributed by atoms with van der Waals surface area (Å²) in [4.78, 5) is 18.3. The van der Waals surface area contributed by atoms with Crippen LogP contribution in [0, 0.1) is 0 Å². The topological polar surface area (TPSA) is 79.4 Å². The second-order valence-electron chi connectivity index (χ2n) is 7.34. The minimum atomic E-state index is 0.691. The molecule has 0 aliphatic carbocycles. The lowest BCUT2D eigenvalue weighted by atomic mass is 10.3. The summed E-state index contributed by atoms with van der Waals surface area (Å²) in [6, 6.07) is 4.09. The summed E-state index contributed by atoms with van der Waals surface area (Å²) < 4.78 is 3.79. The molecule has 9 nitrogen and oxygen atoms in total. The molecule has 4 aromatic heterocycles.